The van der Waals surface area contributed by atoms with Crippen LogP contribution in [0.3, 0.4) is 0 Å². The first kappa shape index (κ1) is 16.4. The highest BCUT2D eigenvalue weighted by Crippen LogP contribution is 2.35. The molecule has 1 unspecified atom stereocenters. The van der Waals surface area contributed by atoms with Crippen molar-refractivity contribution in [1.82, 2.24) is 19.7 Å². The lowest BCUT2D eigenvalue weighted by Gasteiger charge is -2.35. The molecular weight excluding hydrogens is 308 g/mol. The van der Waals surface area contributed by atoms with Crippen molar-refractivity contribution in [2.75, 3.05) is 11.4 Å². The van der Waals surface area contributed by atoms with Crippen molar-refractivity contribution in [2.24, 2.45) is 0 Å². The van der Waals surface area contributed by atoms with E-state index in [2.05, 4.69) is 26.9 Å². The standard InChI is InChI=1S/C16H22N6O2/c1-4-13-7-5-6-8-20(13)15-14(22(23)24)16(18-10-17-15)21-12(3)9-11(2)19-21/h9-10,13H,4-8H2,1-3H3. The summed E-state index contributed by atoms with van der Waals surface area (Å²) in [5.41, 5.74) is 1.54. The fraction of sp³-hybridized carbons (Fsp3) is 0.562. The average molecular weight is 330 g/mol. The number of anilines is 1. The van der Waals surface area contributed by atoms with Crippen molar-refractivity contribution in [3.63, 3.8) is 0 Å². The molecule has 3 heterocycles. The summed E-state index contributed by atoms with van der Waals surface area (Å²) in [4.78, 5) is 22.0. The summed E-state index contributed by atoms with van der Waals surface area (Å²) in [7, 11) is 0. The van der Waals surface area contributed by atoms with Gasteiger partial charge in [-0.25, -0.2) is 14.6 Å². The number of rotatable bonds is 4. The Labute approximate surface area is 140 Å². The number of hydrogen-bond donors (Lipinski definition) is 0. The highest BCUT2D eigenvalue weighted by molar-refractivity contribution is 5.66. The van der Waals surface area contributed by atoms with E-state index in [-0.39, 0.29) is 22.5 Å². The second kappa shape index (κ2) is 6.54. The summed E-state index contributed by atoms with van der Waals surface area (Å²) in [6.45, 7) is 6.61. The molecule has 1 aliphatic heterocycles. The molecule has 2 aromatic rings. The quantitative estimate of drug-likeness (QED) is 0.632. The van der Waals surface area contributed by atoms with Gasteiger partial charge >= 0.3 is 5.69 Å². The zero-order valence-electron chi connectivity index (χ0n) is 14.3. The summed E-state index contributed by atoms with van der Waals surface area (Å²) >= 11 is 0. The monoisotopic (exact) mass is 330 g/mol. The number of nitrogens with zero attached hydrogens (tertiary/aromatic N) is 6. The molecule has 1 fully saturated rings. The zero-order valence-corrected chi connectivity index (χ0v) is 14.3. The Kier molecular flexibility index (Phi) is 4.46. The number of aryl methyl sites for hydroxylation is 2. The van der Waals surface area contributed by atoms with E-state index >= 15 is 0 Å². The van der Waals surface area contributed by atoms with Crippen molar-refractivity contribution in [3.05, 3.63) is 33.9 Å². The molecule has 0 amide bonds. The third-order valence-electron chi connectivity index (χ3n) is 4.55. The minimum Gasteiger partial charge on any atom is -0.348 e. The summed E-state index contributed by atoms with van der Waals surface area (Å²) in [5.74, 6) is 0.639. The van der Waals surface area contributed by atoms with E-state index in [0.717, 1.165) is 43.6 Å². The first-order chi connectivity index (χ1) is 11.5. The van der Waals surface area contributed by atoms with Crippen molar-refractivity contribution in [1.29, 1.82) is 0 Å². The molecule has 0 spiro atoms. The molecule has 0 N–H and O–H groups in total. The largest absolute Gasteiger partial charge is 0.355 e. The Balaban J connectivity index is 2.15. The molecule has 0 aromatic carbocycles. The van der Waals surface area contributed by atoms with Gasteiger partial charge in [0.05, 0.1) is 10.6 Å². The van der Waals surface area contributed by atoms with Crippen LogP contribution in [-0.4, -0.2) is 37.3 Å². The molecule has 128 valence electrons. The van der Waals surface area contributed by atoms with Crippen LogP contribution >= 0.6 is 0 Å². The van der Waals surface area contributed by atoms with Gasteiger partial charge in [0.1, 0.15) is 6.33 Å². The van der Waals surface area contributed by atoms with Crippen LogP contribution in [0.25, 0.3) is 5.82 Å². The van der Waals surface area contributed by atoms with Crippen LogP contribution < -0.4 is 4.90 Å². The van der Waals surface area contributed by atoms with Crippen LogP contribution in [0.15, 0.2) is 12.4 Å². The van der Waals surface area contributed by atoms with E-state index in [0.29, 0.717) is 5.82 Å². The third-order valence-corrected chi connectivity index (χ3v) is 4.55. The van der Waals surface area contributed by atoms with Crippen LogP contribution in [0.1, 0.15) is 44.0 Å². The molecule has 8 nitrogen and oxygen atoms in total. The Morgan fingerprint density at radius 1 is 1.29 bits per heavy atom. The van der Waals surface area contributed by atoms with Gasteiger partial charge in [0.25, 0.3) is 0 Å². The molecule has 1 atom stereocenters. The van der Waals surface area contributed by atoms with Gasteiger partial charge < -0.3 is 4.90 Å². The van der Waals surface area contributed by atoms with Crippen LogP contribution in [0.5, 0.6) is 0 Å². The Bertz CT molecular complexity index is 757. The molecule has 1 saturated heterocycles. The third kappa shape index (κ3) is 2.83. The molecule has 1 aliphatic rings. The number of piperidine rings is 1. The van der Waals surface area contributed by atoms with Gasteiger partial charge in [0.15, 0.2) is 0 Å². The van der Waals surface area contributed by atoms with Crippen LogP contribution in [0.2, 0.25) is 0 Å². The van der Waals surface area contributed by atoms with Crippen LogP contribution in [-0.2, 0) is 0 Å². The summed E-state index contributed by atoms with van der Waals surface area (Å²) in [6.07, 6.45) is 5.55. The fourth-order valence-electron chi connectivity index (χ4n) is 3.44. The maximum atomic E-state index is 11.8. The van der Waals surface area contributed by atoms with Gasteiger partial charge in [-0.15, -0.1) is 0 Å². The van der Waals surface area contributed by atoms with Gasteiger partial charge in [0, 0.05) is 18.3 Å². The molecule has 0 radical (unpaired) electrons. The van der Waals surface area contributed by atoms with E-state index in [1.807, 2.05) is 19.9 Å². The maximum absolute atomic E-state index is 11.8. The Morgan fingerprint density at radius 2 is 2.04 bits per heavy atom. The lowest BCUT2D eigenvalue weighted by molar-refractivity contribution is -0.384. The summed E-state index contributed by atoms with van der Waals surface area (Å²) in [5, 5.41) is 16.2. The van der Waals surface area contributed by atoms with E-state index in [1.165, 1.54) is 11.0 Å². The van der Waals surface area contributed by atoms with E-state index in [4.69, 9.17) is 0 Å². The molecule has 0 aliphatic carbocycles. The second-order valence-corrected chi connectivity index (χ2v) is 6.22. The maximum Gasteiger partial charge on any atom is 0.355 e. The van der Waals surface area contributed by atoms with Crippen molar-refractivity contribution in [2.45, 2.75) is 52.5 Å². The van der Waals surface area contributed by atoms with Gasteiger partial charge in [-0.05, 0) is 45.6 Å². The Morgan fingerprint density at radius 3 is 2.67 bits per heavy atom. The predicted molar refractivity (Wildman–Crippen MR) is 90.6 cm³/mol. The highest BCUT2D eigenvalue weighted by atomic mass is 16.6. The lowest BCUT2D eigenvalue weighted by atomic mass is 10.00. The van der Waals surface area contributed by atoms with E-state index < -0.39 is 0 Å². The van der Waals surface area contributed by atoms with Crippen LogP contribution in [0.4, 0.5) is 11.5 Å². The highest BCUT2D eigenvalue weighted by Gasteiger charge is 2.33. The first-order valence-electron chi connectivity index (χ1n) is 8.32. The van der Waals surface area contributed by atoms with Gasteiger partial charge in [0.2, 0.25) is 11.6 Å². The SMILES string of the molecule is CCC1CCCCN1c1ncnc(-n2nc(C)cc2C)c1[N+](=O)[O-]. The van der Waals surface area contributed by atoms with Crippen molar-refractivity contribution >= 4 is 11.5 Å². The van der Waals surface area contributed by atoms with Crippen molar-refractivity contribution < 1.29 is 4.92 Å². The zero-order chi connectivity index (χ0) is 17.3. The van der Waals surface area contributed by atoms with Gasteiger partial charge in [-0.2, -0.15) is 5.10 Å². The number of hydrogen-bond acceptors (Lipinski definition) is 6. The smallest absolute Gasteiger partial charge is 0.348 e. The molecule has 0 bridgehead atoms. The molecule has 8 heteroatoms. The van der Waals surface area contributed by atoms with Gasteiger partial charge in [-0.3, -0.25) is 10.1 Å². The Hall–Kier alpha value is -2.51. The number of nitro groups is 1. The van der Waals surface area contributed by atoms with E-state index in [9.17, 15) is 10.1 Å². The van der Waals surface area contributed by atoms with Gasteiger partial charge in [-0.1, -0.05) is 6.92 Å². The molecular formula is C16H22N6O2. The minimum atomic E-state index is -0.386. The van der Waals surface area contributed by atoms with Crippen LogP contribution in [0, 0.1) is 24.0 Å². The average Bonchev–Trinajstić information content (AvgIpc) is 2.92. The molecule has 3 rings (SSSR count). The summed E-state index contributed by atoms with van der Waals surface area (Å²) < 4.78 is 1.53. The predicted octanol–water partition coefficient (Wildman–Crippen LogP) is 2.96. The molecule has 2 aromatic heterocycles. The fourth-order valence-corrected chi connectivity index (χ4v) is 3.44. The molecule has 0 saturated carbocycles. The topological polar surface area (TPSA) is 90.0 Å². The second-order valence-electron chi connectivity index (χ2n) is 6.22. The first-order valence-corrected chi connectivity index (χ1v) is 8.32. The molecule has 24 heavy (non-hydrogen) atoms. The normalized spacial score (nSPS) is 18.0. The lowest BCUT2D eigenvalue weighted by Crippen LogP contribution is -2.40. The summed E-state index contributed by atoms with van der Waals surface area (Å²) in [6, 6.07) is 2.15. The number of aromatic nitrogens is 4. The minimum absolute atomic E-state index is 0.0657. The van der Waals surface area contributed by atoms with E-state index in [1.54, 1.807) is 0 Å². The van der Waals surface area contributed by atoms with Crippen molar-refractivity contribution in [3.8, 4) is 5.82 Å².